The minimum absolute atomic E-state index is 0.0935. The molecule has 1 aromatic carbocycles. The van der Waals surface area contributed by atoms with Crippen molar-refractivity contribution in [2.75, 3.05) is 17.7 Å². The molecule has 166 valence electrons. The lowest BCUT2D eigenvalue weighted by Crippen LogP contribution is -2.31. The quantitative estimate of drug-likeness (QED) is 0.448. The van der Waals surface area contributed by atoms with Crippen molar-refractivity contribution in [2.45, 2.75) is 39.7 Å². The lowest BCUT2D eigenvalue weighted by molar-refractivity contribution is -0.133. The summed E-state index contributed by atoms with van der Waals surface area (Å²) in [7, 11) is 1.90. The highest BCUT2D eigenvalue weighted by molar-refractivity contribution is 7.17. The Balaban J connectivity index is 1.66. The first-order valence-corrected chi connectivity index (χ1v) is 11.5. The second-order valence-corrected chi connectivity index (χ2v) is 9.50. The van der Waals surface area contributed by atoms with Gasteiger partial charge in [-0.15, -0.1) is 11.3 Å². The Hall–Kier alpha value is -3.19. The number of amides is 1. The minimum Gasteiger partial charge on any atom is -0.388 e. The van der Waals surface area contributed by atoms with Crippen LogP contribution in [0, 0.1) is 5.92 Å². The van der Waals surface area contributed by atoms with Crippen LogP contribution in [0.4, 0.5) is 10.7 Å². The van der Waals surface area contributed by atoms with Gasteiger partial charge in [-0.2, -0.15) is 0 Å². The van der Waals surface area contributed by atoms with Crippen molar-refractivity contribution in [2.24, 2.45) is 5.92 Å². The van der Waals surface area contributed by atoms with E-state index < -0.39 is 11.7 Å². The van der Waals surface area contributed by atoms with Crippen LogP contribution < -0.4 is 21.3 Å². The Morgan fingerprint density at radius 2 is 1.88 bits per heavy atom. The number of hydrogen-bond acceptors (Lipinski definition) is 5. The third-order valence-corrected chi connectivity index (χ3v) is 7.49. The van der Waals surface area contributed by atoms with Crippen LogP contribution in [-0.2, 0) is 29.0 Å². The summed E-state index contributed by atoms with van der Waals surface area (Å²) in [4.78, 5) is 36.9. The Kier molecular flexibility index (Phi) is 5.77. The molecule has 0 spiro atoms. The lowest BCUT2D eigenvalue weighted by atomic mass is 9.85. The predicted molar refractivity (Wildman–Crippen MR) is 131 cm³/mol. The van der Waals surface area contributed by atoms with Crippen LogP contribution in [0.5, 0.6) is 0 Å². The molecular formula is C25H27N3O3S. The molecule has 1 aliphatic carbocycles. The van der Waals surface area contributed by atoms with Crippen LogP contribution in [0.1, 0.15) is 41.1 Å². The van der Waals surface area contributed by atoms with Gasteiger partial charge in [-0.3, -0.25) is 14.4 Å². The number of thiophene rings is 1. The van der Waals surface area contributed by atoms with Gasteiger partial charge in [-0.1, -0.05) is 19.2 Å². The van der Waals surface area contributed by atoms with Gasteiger partial charge in [0.25, 0.3) is 5.91 Å². The van der Waals surface area contributed by atoms with Gasteiger partial charge in [0.2, 0.25) is 5.78 Å². The molecule has 0 fully saturated rings. The van der Waals surface area contributed by atoms with E-state index >= 15 is 0 Å². The number of nitrogens with zero attached hydrogens (tertiary/aromatic N) is 1. The molecule has 0 saturated carbocycles. The normalized spacial score (nSPS) is 15.4. The van der Waals surface area contributed by atoms with Gasteiger partial charge in [-0.25, -0.2) is 0 Å². The van der Waals surface area contributed by atoms with Crippen molar-refractivity contribution < 1.29 is 14.4 Å². The summed E-state index contributed by atoms with van der Waals surface area (Å²) >= 11 is 1.42. The standard InChI is InChI=1S/C25H27N3O3S/c1-13-19-8-7-18(26-5)11-20(19)14(2)28(13)12-17-6-9-22-21(10-17)23(15(3)29)25(32-22)27-24(31)16(4)30/h7-8,11,17,26H,1-2,6,9-10,12H2,3-5H3,(H,27,31). The van der Waals surface area contributed by atoms with Gasteiger partial charge in [-0.05, 0) is 49.8 Å². The number of carbonyl (C=O) groups excluding carboxylic acids is 3. The van der Waals surface area contributed by atoms with E-state index in [-0.39, 0.29) is 5.78 Å². The Bertz CT molecular complexity index is 1370. The molecule has 0 radical (unpaired) electrons. The molecule has 0 saturated heterocycles. The van der Waals surface area contributed by atoms with Gasteiger partial charge in [0.15, 0.2) is 5.78 Å². The molecule has 3 aromatic rings. The van der Waals surface area contributed by atoms with Crippen LogP contribution in [-0.4, -0.2) is 29.1 Å². The number of aryl methyl sites for hydroxylation is 1. The number of ketones is 2. The molecular weight excluding hydrogens is 422 g/mol. The number of benzene rings is 1. The summed E-state index contributed by atoms with van der Waals surface area (Å²) < 4.78 is 2.18. The van der Waals surface area contributed by atoms with Crippen LogP contribution in [0.25, 0.3) is 23.9 Å². The third kappa shape index (κ3) is 3.77. The molecule has 1 unspecified atom stereocenters. The second-order valence-electron chi connectivity index (χ2n) is 8.40. The summed E-state index contributed by atoms with van der Waals surface area (Å²) in [6, 6.07) is 6.21. The Labute approximate surface area is 190 Å². The monoisotopic (exact) mass is 449 g/mol. The second kappa shape index (κ2) is 8.39. The SMILES string of the molecule is C=c1c2ccc(NC)cc2c(=C)n1CC1CCc2sc(NC(=O)C(C)=O)c(C(C)=O)c2C1. The molecule has 32 heavy (non-hydrogen) atoms. The highest BCUT2D eigenvalue weighted by atomic mass is 32.1. The van der Waals surface area contributed by atoms with Crippen molar-refractivity contribution in [3.8, 4) is 0 Å². The number of aromatic nitrogens is 1. The molecule has 2 heterocycles. The first-order chi connectivity index (χ1) is 15.2. The average molecular weight is 450 g/mol. The van der Waals surface area contributed by atoms with Gasteiger partial charge < -0.3 is 15.2 Å². The van der Waals surface area contributed by atoms with E-state index in [9.17, 15) is 14.4 Å². The van der Waals surface area contributed by atoms with E-state index in [2.05, 4.69) is 40.5 Å². The summed E-state index contributed by atoms with van der Waals surface area (Å²) in [6.07, 6.45) is 2.55. The van der Waals surface area contributed by atoms with Crippen LogP contribution in [0.3, 0.4) is 0 Å². The average Bonchev–Trinajstić information content (AvgIpc) is 3.23. The zero-order valence-corrected chi connectivity index (χ0v) is 19.4. The zero-order valence-electron chi connectivity index (χ0n) is 18.6. The van der Waals surface area contributed by atoms with Gasteiger partial charge >= 0.3 is 0 Å². The number of anilines is 2. The van der Waals surface area contributed by atoms with E-state index in [1.54, 1.807) is 0 Å². The molecule has 1 atom stereocenters. The fraction of sp³-hybridized carbons (Fsp3) is 0.320. The van der Waals surface area contributed by atoms with Crippen molar-refractivity contribution in [3.05, 3.63) is 44.9 Å². The minimum atomic E-state index is -0.689. The van der Waals surface area contributed by atoms with Gasteiger partial charge in [0.05, 0.1) is 5.56 Å². The molecule has 2 aromatic heterocycles. The summed E-state index contributed by atoms with van der Waals surface area (Å²) in [6.45, 7) is 12.1. The largest absolute Gasteiger partial charge is 0.388 e. The van der Waals surface area contributed by atoms with Gasteiger partial charge in [0.1, 0.15) is 5.00 Å². The number of nitrogens with one attached hydrogen (secondary N) is 2. The molecule has 6 nitrogen and oxygen atoms in total. The number of fused-ring (bicyclic) bond motifs is 2. The molecule has 2 N–H and O–H groups in total. The van der Waals surface area contributed by atoms with Crippen LogP contribution in [0.15, 0.2) is 18.2 Å². The van der Waals surface area contributed by atoms with Crippen molar-refractivity contribution in [1.29, 1.82) is 0 Å². The van der Waals surface area contributed by atoms with E-state index in [1.165, 1.54) is 25.2 Å². The molecule has 4 rings (SSSR count). The van der Waals surface area contributed by atoms with Crippen molar-refractivity contribution in [3.63, 3.8) is 0 Å². The molecule has 0 aliphatic heterocycles. The summed E-state index contributed by atoms with van der Waals surface area (Å²) in [5, 5.41) is 10.4. The smallest absolute Gasteiger partial charge is 0.292 e. The van der Waals surface area contributed by atoms with Crippen molar-refractivity contribution in [1.82, 2.24) is 4.57 Å². The molecule has 1 aliphatic rings. The summed E-state index contributed by atoms with van der Waals surface area (Å²) in [5.74, 6) is -1.04. The maximum atomic E-state index is 12.4. The highest BCUT2D eigenvalue weighted by Gasteiger charge is 2.29. The van der Waals surface area contributed by atoms with E-state index in [0.717, 1.165) is 63.4 Å². The highest BCUT2D eigenvalue weighted by Crippen LogP contribution is 2.40. The molecule has 7 heteroatoms. The van der Waals surface area contributed by atoms with Crippen LogP contribution in [0.2, 0.25) is 0 Å². The van der Waals surface area contributed by atoms with E-state index in [4.69, 9.17) is 0 Å². The van der Waals surface area contributed by atoms with E-state index in [0.29, 0.717) is 16.5 Å². The molecule has 1 amide bonds. The predicted octanol–water partition coefficient (Wildman–Crippen LogP) is 3.10. The number of hydrogen-bond donors (Lipinski definition) is 2. The Morgan fingerprint density at radius 3 is 2.53 bits per heavy atom. The molecule has 0 bridgehead atoms. The lowest BCUT2D eigenvalue weighted by Gasteiger charge is -2.23. The topological polar surface area (TPSA) is 80.2 Å². The van der Waals surface area contributed by atoms with Crippen LogP contribution >= 0.6 is 11.3 Å². The Morgan fingerprint density at radius 1 is 1.16 bits per heavy atom. The maximum Gasteiger partial charge on any atom is 0.292 e. The summed E-state index contributed by atoms with van der Waals surface area (Å²) in [5.41, 5.74) is 2.58. The number of rotatable bonds is 6. The first-order valence-electron chi connectivity index (χ1n) is 10.7. The number of carbonyl (C=O) groups is 3. The third-order valence-electron chi connectivity index (χ3n) is 6.28. The first kappa shape index (κ1) is 22.0. The fourth-order valence-electron chi connectivity index (χ4n) is 4.59. The number of Topliss-reactive ketones (excluding diaryl/α,β-unsaturated/α-hetero) is 2. The van der Waals surface area contributed by atoms with E-state index in [1.807, 2.05) is 13.1 Å². The van der Waals surface area contributed by atoms with Crippen molar-refractivity contribution >= 4 is 63.4 Å². The zero-order chi connectivity index (χ0) is 23.2. The fourth-order valence-corrected chi connectivity index (χ4v) is 5.87. The van der Waals surface area contributed by atoms with Gasteiger partial charge in [0, 0.05) is 52.6 Å². The maximum absolute atomic E-state index is 12.4.